The maximum Gasteiger partial charge on any atom is 0.0725 e. The second kappa shape index (κ2) is 12.5. The van der Waals surface area contributed by atoms with Gasteiger partial charge >= 0.3 is 0 Å². The smallest absolute Gasteiger partial charge is 0.0619 e. The lowest BCUT2D eigenvalue weighted by molar-refractivity contribution is 0.596. The van der Waals surface area contributed by atoms with Crippen LogP contribution in [-0.2, 0) is 10.8 Å². The van der Waals surface area contributed by atoms with Crippen LogP contribution in [0.5, 0.6) is 0 Å². The van der Waals surface area contributed by atoms with Crippen LogP contribution in [0, 0.1) is 6.92 Å². The molecule has 13 aromatic rings. The predicted octanol–water partition coefficient (Wildman–Crippen LogP) is 17.9. The van der Waals surface area contributed by atoms with E-state index in [0.29, 0.717) is 0 Å². The van der Waals surface area contributed by atoms with Gasteiger partial charge in [0.05, 0.1) is 5.41 Å². The molecule has 0 aliphatic heterocycles. The van der Waals surface area contributed by atoms with Crippen LogP contribution in [0.15, 0.2) is 194 Å². The number of benzene rings is 13. The Hall–Kier alpha value is -7.80. The van der Waals surface area contributed by atoms with Gasteiger partial charge in [-0.15, -0.1) is 0 Å². The number of aryl methyl sites for hydroxylation is 1. The summed E-state index contributed by atoms with van der Waals surface area (Å²) < 4.78 is 0. The molecule has 0 fully saturated rings. The average Bonchev–Trinajstić information content (AvgIpc) is 3.79. The summed E-state index contributed by atoms with van der Waals surface area (Å²) >= 11 is 0. The largest absolute Gasteiger partial charge is 0.0725 e. The van der Waals surface area contributed by atoms with Crippen LogP contribution in [0.1, 0.15) is 54.2 Å². The van der Waals surface area contributed by atoms with E-state index in [2.05, 4.69) is 222 Å². The Morgan fingerprint density at radius 2 is 0.833 bits per heavy atom. The molecule has 308 valence electrons. The van der Waals surface area contributed by atoms with Gasteiger partial charge in [0.15, 0.2) is 0 Å². The Morgan fingerprint density at radius 3 is 1.55 bits per heavy atom. The molecule has 0 nitrogen and oxygen atoms in total. The van der Waals surface area contributed by atoms with E-state index in [1.165, 1.54) is 153 Å². The van der Waals surface area contributed by atoms with Gasteiger partial charge in [0.1, 0.15) is 0 Å². The monoisotopic (exact) mass is 836 g/mol. The number of hydrogen-bond donors (Lipinski definition) is 0. The fourth-order valence-electron chi connectivity index (χ4n) is 13.2. The molecule has 0 amide bonds. The fraction of sp³-hybridized carbons (Fsp3) is 0.0909. The lowest BCUT2D eigenvalue weighted by atomic mass is 9.70. The Balaban J connectivity index is 0.991. The second-order valence-electron chi connectivity index (χ2n) is 20.4. The van der Waals surface area contributed by atoms with Crippen molar-refractivity contribution >= 4 is 75.4 Å². The molecule has 0 saturated carbocycles. The maximum atomic E-state index is 2.59. The fourth-order valence-corrected chi connectivity index (χ4v) is 13.2. The van der Waals surface area contributed by atoms with E-state index in [1.807, 2.05) is 0 Å². The number of hydrogen-bond acceptors (Lipinski definition) is 0. The quantitative estimate of drug-likeness (QED) is 0.152. The summed E-state index contributed by atoms with van der Waals surface area (Å²) in [5.41, 5.74) is 18.0. The molecule has 0 N–H and O–H groups in total. The average molecular weight is 837 g/mol. The summed E-state index contributed by atoms with van der Waals surface area (Å²) in [6.45, 7) is 9.22. The summed E-state index contributed by atoms with van der Waals surface area (Å²) in [4.78, 5) is 0. The molecule has 0 saturated heterocycles. The molecule has 2 aliphatic carbocycles. The molecule has 2 aliphatic rings. The first-order valence-corrected chi connectivity index (χ1v) is 23.6. The van der Waals surface area contributed by atoms with Gasteiger partial charge in [-0.05, 0) is 202 Å². The van der Waals surface area contributed by atoms with E-state index in [-0.39, 0.29) is 5.41 Å². The lowest BCUT2D eigenvalue weighted by Crippen LogP contribution is -2.26. The Morgan fingerprint density at radius 1 is 0.303 bits per heavy atom. The van der Waals surface area contributed by atoms with Crippen LogP contribution in [0.4, 0.5) is 0 Å². The van der Waals surface area contributed by atoms with Crippen LogP contribution >= 0.6 is 0 Å². The standard InChI is InChI=1S/C66H44/c1-37-29-41-19-21-43-31-46(32-44-22-20-42(30-37)61(41)62(43)44)39-24-27-51-55-33-40-12-10-15-47(48-26-25-45-35-58(65(2,3)4)53-16-9-11-38-23-28-52(48)64(45)63(38)53)54(40)36-60(55)66(59(51)34-39)56-17-7-5-13-49(56)50-14-6-8-18-57(50)66/h5-36H,1-4H3. The molecular weight excluding hydrogens is 793 g/mol. The van der Waals surface area contributed by atoms with E-state index in [0.717, 1.165) is 0 Å². The van der Waals surface area contributed by atoms with Gasteiger partial charge in [-0.2, -0.15) is 0 Å². The van der Waals surface area contributed by atoms with Crippen molar-refractivity contribution in [2.75, 3.05) is 0 Å². The zero-order chi connectivity index (χ0) is 43.8. The minimum atomic E-state index is -0.491. The summed E-state index contributed by atoms with van der Waals surface area (Å²) in [7, 11) is 0. The SMILES string of the molecule is Cc1cc2ccc3cc(-c4ccc5c(c4)C4(c6ccccc6-c6ccccc64)c4cc6c(-c7ccc8cc(C(C)(C)C)c9cccc%10ccc7c8c%109)cccc6cc4-5)cc4ccc(c1)c2c34. The van der Waals surface area contributed by atoms with Crippen molar-refractivity contribution in [2.24, 2.45) is 0 Å². The lowest BCUT2D eigenvalue weighted by Gasteiger charge is -2.31. The first kappa shape index (κ1) is 36.5. The van der Waals surface area contributed by atoms with E-state index in [4.69, 9.17) is 0 Å². The van der Waals surface area contributed by atoms with Gasteiger partial charge in [-0.1, -0.05) is 178 Å². The van der Waals surface area contributed by atoms with Crippen molar-refractivity contribution in [3.63, 3.8) is 0 Å². The highest BCUT2D eigenvalue weighted by atomic mass is 14.5. The minimum Gasteiger partial charge on any atom is -0.0619 e. The highest BCUT2D eigenvalue weighted by Gasteiger charge is 2.52. The Kier molecular flexibility index (Phi) is 6.92. The van der Waals surface area contributed by atoms with Crippen LogP contribution in [-0.4, -0.2) is 0 Å². The van der Waals surface area contributed by atoms with E-state index in [1.54, 1.807) is 0 Å². The highest BCUT2D eigenvalue weighted by molar-refractivity contribution is 6.27. The summed E-state index contributed by atoms with van der Waals surface area (Å²) in [5, 5.41) is 18.5. The summed E-state index contributed by atoms with van der Waals surface area (Å²) in [6, 6.07) is 75.4. The molecule has 0 bridgehead atoms. The Labute approximate surface area is 384 Å². The van der Waals surface area contributed by atoms with Crippen molar-refractivity contribution in [3.8, 4) is 44.5 Å². The van der Waals surface area contributed by atoms with Crippen molar-refractivity contribution in [2.45, 2.75) is 38.5 Å². The van der Waals surface area contributed by atoms with Crippen LogP contribution in [0.25, 0.3) is 120 Å². The highest BCUT2D eigenvalue weighted by Crippen LogP contribution is 2.64. The molecule has 0 unspecified atom stereocenters. The van der Waals surface area contributed by atoms with Gasteiger partial charge in [-0.25, -0.2) is 0 Å². The van der Waals surface area contributed by atoms with E-state index in [9.17, 15) is 0 Å². The zero-order valence-corrected chi connectivity index (χ0v) is 37.5. The van der Waals surface area contributed by atoms with E-state index >= 15 is 0 Å². The topological polar surface area (TPSA) is 0 Å². The van der Waals surface area contributed by atoms with Gasteiger partial charge in [0, 0.05) is 0 Å². The molecule has 66 heavy (non-hydrogen) atoms. The van der Waals surface area contributed by atoms with Crippen LogP contribution in [0.3, 0.4) is 0 Å². The van der Waals surface area contributed by atoms with Crippen LogP contribution < -0.4 is 0 Å². The first-order valence-electron chi connectivity index (χ1n) is 23.6. The summed E-state index contributed by atoms with van der Waals surface area (Å²) in [5.74, 6) is 0. The Bertz CT molecular complexity index is 4150. The van der Waals surface area contributed by atoms with Gasteiger partial charge in [0.25, 0.3) is 0 Å². The maximum absolute atomic E-state index is 2.59. The van der Waals surface area contributed by atoms with Crippen molar-refractivity contribution < 1.29 is 0 Å². The van der Waals surface area contributed by atoms with Gasteiger partial charge in [-0.3, -0.25) is 0 Å². The van der Waals surface area contributed by atoms with Crippen molar-refractivity contribution in [1.82, 2.24) is 0 Å². The predicted molar refractivity (Wildman–Crippen MR) is 282 cm³/mol. The molecular formula is C66H44. The molecule has 0 aromatic heterocycles. The minimum absolute atomic E-state index is 0.0243. The van der Waals surface area contributed by atoms with Crippen molar-refractivity contribution in [3.05, 3.63) is 228 Å². The molecule has 0 radical (unpaired) electrons. The second-order valence-corrected chi connectivity index (χ2v) is 20.4. The number of rotatable bonds is 2. The molecule has 0 heteroatoms. The van der Waals surface area contributed by atoms with Crippen molar-refractivity contribution in [1.29, 1.82) is 0 Å². The van der Waals surface area contributed by atoms with Gasteiger partial charge < -0.3 is 0 Å². The third-order valence-electron chi connectivity index (χ3n) is 15.8. The first-order chi connectivity index (χ1) is 32.2. The summed E-state index contributed by atoms with van der Waals surface area (Å²) in [6.07, 6.45) is 0. The third kappa shape index (κ3) is 4.59. The van der Waals surface area contributed by atoms with Gasteiger partial charge in [0.2, 0.25) is 0 Å². The normalized spacial score (nSPS) is 13.9. The number of fused-ring (bicyclic) bond motifs is 11. The molecule has 1 spiro atoms. The molecule has 13 aromatic carbocycles. The molecule has 0 heterocycles. The van der Waals surface area contributed by atoms with E-state index < -0.39 is 5.41 Å². The zero-order valence-electron chi connectivity index (χ0n) is 37.5. The molecule has 15 rings (SSSR count). The van der Waals surface area contributed by atoms with Crippen LogP contribution in [0.2, 0.25) is 0 Å². The molecule has 0 atom stereocenters. The third-order valence-corrected chi connectivity index (χ3v) is 15.8.